The van der Waals surface area contributed by atoms with Gasteiger partial charge in [0.05, 0.1) is 6.10 Å². The lowest BCUT2D eigenvalue weighted by atomic mass is 9.93. The maximum absolute atomic E-state index is 12.7. The van der Waals surface area contributed by atoms with Crippen LogP contribution in [0, 0.1) is 0 Å². The van der Waals surface area contributed by atoms with Gasteiger partial charge in [-0.3, -0.25) is 9.78 Å². The predicted octanol–water partition coefficient (Wildman–Crippen LogP) is 4.05. The molecule has 0 amide bonds. The number of pyridine rings is 1. The largest absolute Gasteiger partial charge is 0.389 e. The van der Waals surface area contributed by atoms with Crippen LogP contribution in [-0.2, 0) is 12.8 Å². The van der Waals surface area contributed by atoms with E-state index in [1.807, 2.05) is 13.0 Å². The topological polar surface area (TPSA) is 89.1 Å². The van der Waals surface area contributed by atoms with Crippen molar-refractivity contribution >= 4 is 5.78 Å². The van der Waals surface area contributed by atoms with Gasteiger partial charge in [-0.2, -0.15) is 4.98 Å². The Balaban J connectivity index is 1.52. The number of hydrogen-bond acceptors (Lipinski definition) is 6. The average Bonchev–Trinajstić information content (AvgIpc) is 3.35. The van der Waals surface area contributed by atoms with Crippen molar-refractivity contribution in [1.29, 1.82) is 0 Å². The first-order valence-corrected chi connectivity index (χ1v) is 9.68. The van der Waals surface area contributed by atoms with E-state index in [1.54, 1.807) is 25.3 Å². The molecule has 28 heavy (non-hydrogen) atoms. The van der Waals surface area contributed by atoms with Crippen LogP contribution >= 0.6 is 0 Å². The van der Waals surface area contributed by atoms with Crippen molar-refractivity contribution < 1.29 is 14.4 Å². The minimum Gasteiger partial charge on any atom is -0.389 e. The Morgan fingerprint density at radius 1 is 1.32 bits per heavy atom. The molecule has 1 aliphatic carbocycles. The van der Waals surface area contributed by atoms with E-state index in [-0.39, 0.29) is 11.7 Å². The van der Waals surface area contributed by atoms with E-state index in [4.69, 9.17) is 4.52 Å². The van der Waals surface area contributed by atoms with E-state index < -0.39 is 6.10 Å². The molecular weight excluding hydrogens is 354 g/mol. The molecule has 0 saturated carbocycles. The Morgan fingerprint density at radius 3 is 2.93 bits per heavy atom. The van der Waals surface area contributed by atoms with E-state index >= 15 is 0 Å². The number of carbonyl (C=O) groups is 1. The zero-order chi connectivity index (χ0) is 19.7. The van der Waals surface area contributed by atoms with Gasteiger partial charge < -0.3 is 9.63 Å². The molecule has 2 atom stereocenters. The van der Waals surface area contributed by atoms with Gasteiger partial charge in [-0.05, 0) is 60.6 Å². The van der Waals surface area contributed by atoms with Gasteiger partial charge in [-0.1, -0.05) is 24.2 Å². The van der Waals surface area contributed by atoms with Gasteiger partial charge in [-0.25, -0.2) is 0 Å². The number of aliphatic hydroxyl groups is 1. The van der Waals surface area contributed by atoms with Crippen LogP contribution in [0.15, 0.2) is 41.1 Å². The number of aryl methyl sites for hydroxylation is 2. The highest BCUT2D eigenvalue weighted by molar-refractivity contribution is 5.95. The maximum atomic E-state index is 12.7. The van der Waals surface area contributed by atoms with Gasteiger partial charge in [0.15, 0.2) is 5.78 Å². The summed E-state index contributed by atoms with van der Waals surface area (Å²) in [5.74, 6) is 1.43. The molecule has 0 bridgehead atoms. The summed E-state index contributed by atoms with van der Waals surface area (Å²) in [5.41, 5.74) is 4.52. The molecule has 1 unspecified atom stereocenters. The van der Waals surface area contributed by atoms with Crippen molar-refractivity contribution in [1.82, 2.24) is 15.1 Å². The standard InChI is InChI=1S/C22H23N3O3/c1-3-21-24-22(25-28-21)17-6-7-18-15(10-17)4-5-16(18)12-20(27)19-11-14(13(2)26)8-9-23-19/h6-11,13,16,26H,3-5,12H2,1-2H3/t13?,16-/m0/s1. The highest BCUT2D eigenvalue weighted by Gasteiger charge is 2.26. The quantitative estimate of drug-likeness (QED) is 0.652. The lowest BCUT2D eigenvalue weighted by molar-refractivity contribution is 0.0968. The highest BCUT2D eigenvalue weighted by Crippen LogP contribution is 2.38. The fourth-order valence-corrected chi connectivity index (χ4v) is 3.76. The van der Waals surface area contributed by atoms with E-state index in [2.05, 4.69) is 27.3 Å². The first-order valence-electron chi connectivity index (χ1n) is 9.68. The molecule has 1 N–H and O–H groups in total. The van der Waals surface area contributed by atoms with Gasteiger partial charge in [0.2, 0.25) is 11.7 Å². The van der Waals surface area contributed by atoms with Crippen molar-refractivity contribution in [2.45, 2.75) is 51.6 Å². The summed E-state index contributed by atoms with van der Waals surface area (Å²) in [7, 11) is 0. The van der Waals surface area contributed by atoms with Crippen LogP contribution in [0.5, 0.6) is 0 Å². The van der Waals surface area contributed by atoms with Crippen LogP contribution < -0.4 is 0 Å². The molecule has 0 radical (unpaired) electrons. The summed E-state index contributed by atoms with van der Waals surface area (Å²) in [6.07, 6.45) is 3.98. The molecular formula is C22H23N3O3. The first kappa shape index (κ1) is 18.5. The van der Waals surface area contributed by atoms with Crippen LogP contribution in [0.1, 0.15) is 71.8 Å². The van der Waals surface area contributed by atoms with Crippen LogP contribution in [0.2, 0.25) is 0 Å². The van der Waals surface area contributed by atoms with E-state index in [0.29, 0.717) is 35.8 Å². The van der Waals surface area contributed by atoms with E-state index in [0.717, 1.165) is 18.4 Å². The molecule has 2 heterocycles. The molecule has 0 aliphatic heterocycles. The molecule has 144 valence electrons. The van der Waals surface area contributed by atoms with Gasteiger partial charge in [0, 0.05) is 24.6 Å². The third kappa shape index (κ3) is 3.60. The van der Waals surface area contributed by atoms with E-state index in [1.165, 1.54) is 11.1 Å². The zero-order valence-corrected chi connectivity index (χ0v) is 16.1. The van der Waals surface area contributed by atoms with Crippen molar-refractivity contribution in [3.05, 3.63) is 64.8 Å². The molecule has 0 fully saturated rings. The Bertz CT molecular complexity index is 1010. The number of hydrogen-bond donors (Lipinski definition) is 1. The second-order valence-electron chi connectivity index (χ2n) is 7.29. The molecule has 0 spiro atoms. The number of aromatic nitrogens is 3. The number of rotatable bonds is 6. The van der Waals surface area contributed by atoms with Crippen molar-refractivity contribution in [3.63, 3.8) is 0 Å². The number of fused-ring (bicyclic) bond motifs is 1. The van der Waals surface area contributed by atoms with Gasteiger partial charge in [0.25, 0.3) is 0 Å². The normalized spacial score (nSPS) is 16.8. The zero-order valence-electron chi connectivity index (χ0n) is 16.1. The molecule has 6 nitrogen and oxygen atoms in total. The van der Waals surface area contributed by atoms with Gasteiger partial charge in [-0.15, -0.1) is 0 Å². The van der Waals surface area contributed by atoms with Crippen LogP contribution in [0.3, 0.4) is 0 Å². The number of carbonyl (C=O) groups excluding carboxylic acids is 1. The smallest absolute Gasteiger partial charge is 0.226 e. The molecule has 1 aliphatic rings. The summed E-state index contributed by atoms with van der Waals surface area (Å²) in [5, 5.41) is 13.8. The van der Waals surface area contributed by atoms with Crippen molar-refractivity contribution in [3.8, 4) is 11.4 Å². The summed E-state index contributed by atoms with van der Waals surface area (Å²) >= 11 is 0. The maximum Gasteiger partial charge on any atom is 0.226 e. The Morgan fingerprint density at radius 2 is 2.18 bits per heavy atom. The molecule has 4 rings (SSSR count). The number of benzene rings is 1. The van der Waals surface area contributed by atoms with E-state index in [9.17, 15) is 9.90 Å². The van der Waals surface area contributed by atoms with Crippen molar-refractivity contribution in [2.75, 3.05) is 0 Å². The third-order valence-corrected chi connectivity index (χ3v) is 5.36. The van der Waals surface area contributed by atoms with Crippen LogP contribution in [0.4, 0.5) is 0 Å². The third-order valence-electron chi connectivity index (χ3n) is 5.36. The minimum absolute atomic E-state index is 0.00943. The number of Topliss-reactive ketones (excluding diaryl/α,β-unsaturated/α-hetero) is 1. The summed E-state index contributed by atoms with van der Waals surface area (Å²) < 4.78 is 5.21. The predicted molar refractivity (Wildman–Crippen MR) is 104 cm³/mol. The first-order chi connectivity index (χ1) is 13.5. The SMILES string of the molecule is CCc1nc(-c2ccc3c(c2)CC[C@H]3CC(=O)c2cc(C(C)O)ccn2)no1. The average molecular weight is 377 g/mol. The minimum atomic E-state index is -0.612. The van der Waals surface area contributed by atoms with Crippen LogP contribution in [0.25, 0.3) is 11.4 Å². The highest BCUT2D eigenvalue weighted by atomic mass is 16.5. The Labute approximate surface area is 163 Å². The molecule has 6 heteroatoms. The second kappa shape index (κ2) is 7.64. The Hall–Kier alpha value is -2.86. The summed E-state index contributed by atoms with van der Waals surface area (Å²) in [6, 6.07) is 9.61. The molecule has 1 aromatic carbocycles. The fourth-order valence-electron chi connectivity index (χ4n) is 3.76. The summed E-state index contributed by atoms with van der Waals surface area (Å²) in [6.45, 7) is 3.66. The summed E-state index contributed by atoms with van der Waals surface area (Å²) in [4.78, 5) is 21.3. The number of aliphatic hydroxyl groups excluding tert-OH is 1. The molecule has 2 aromatic heterocycles. The second-order valence-corrected chi connectivity index (χ2v) is 7.29. The fraction of sp³-hybridized carbons (Fsp3) is 0.364. The van der Waals surface area contributed by atoms with Gasteiger partial charge >= 0.3 is 0 Å². The molecule has 0 saturated heterocycles. The Kier molecular flexibility index (Phi) is 5.05. The van der Waals surface area contributed by atoms with Gasteiger partial charge in [0.1, 0.15) is 5.69 Å². The van der Waals surface area contributed by atoms with Crippen LogP contribution in [-0.4, -0.2) is 26.0 Å². The van der Waals surface area contributed by atoms with Crippen molar-refractivity contribution in [2.24, 2.45) is 0 Å². The number of ketones is 1. The lowest BCUT2D eigenvalue weighted by Gasteiger charge is -2.12. The monoisotopic (exact) mass is 377 g/mol. The number of nitrogens with zero attached hydrogens (tertiary/aromatic N) is 3. The lowest BCUT2D eigenvalue weighted by Crippen LogP contribution is -2.08. The molecule has 3 aromatic rings.